The summed E-state index contributed by atoms with van der Waals surface area (Å²) in [5, 5.41) is 3.93. The van der Waals surface area contributed by atoms with Crippen LogP contribution in [0.1, 0.15) is 44.4 Å². The first-order valence-corrected chi connectivity index (χ1v) is 9.74. The van der Waals surface area contributed by atoms with E-state index in [-0.39, 0.29) is 6.04 Å². The zero-order valence-corrected chi connectivity index (χ0v) is 14.6. The van der Waals surface area contributed by atoms with Crippen LogP contribution in [-0.4, -0.2) is 71.3 Å². The van der Waals surface area contributed by atoms with Crippen LogP contribution in [0.4, 0.5) is 0 Å². The maximum atomic E-state index is 12.6. The summed E-state index contributed by atoms with van der Waals surface area (Å²) in [4.78, 5) is 6.57. The Morgan fingerprint density at radius 2 is 1.70 bits per heavy atom. The Morgan fingerprint density at radius 3 is 2.26 bits per heavy atom. The molecule has 8 nitrogen and oxygen atoms in total. The van der Waals surface area contributed by atoms with E-state index in [0.29, 0.717) is 51.0 Å². The smallest absolute Gasteiger partial charge is 0.282 e. The van der Waals surface area contributed by atoms with E-state index in [4.69, 9.17) is 4.52 Å². The number of hydrogen-bond donors (Lipinski definition) is 0. The van der Waals surface area contributed by atoms with Gasteiger partial charge in [-0.05, 0) is 19.8 Å². The average molecular weight is 343 g/mol. The third-order valence-corrected chi connectivity index (χ3v) is 6.73. The van der Waals surface area contributed by atoms with Gasteiger partial charge < -0.3 is 4.52 Å². The highest BCUT2D eigenvalue weighted by molar-refractivity contribution is 7.86. The van der Waals surface area contributed by atoms with Gasteiger partial charge in [0.1, 0.15) is 0 Å². The molecule has 2 aliphatic rings. The fourth-order valence-corrected chi connectivity index (χ4v) is 4.81. The van der Waals surface area contributed by atoms with Crippen molar-refractivity contribution in [3.05, 3.63) is 11.7 Å². The fourth-order valence-electron chi connectivity index (χ4n) is 3.14. The predicted molar refractivity (Wildman–Crippen MR) is 85.0 cm³/mol. The van der Waals surface area contributed by atoms with Gasteiger partial charge in [-0.25, -0.2) is 0 Å². The van der Waals surface area contributed by atoms with Crippen LogP contribution in [0.3, 0.4) is 0 Å². The van der Waals surface area contributed by atoms with E-state index in [1.807, 2.05) is 13.8 Å². The van der Waals surface area contributed by atoms with Crippen LogP contribution in [0.2, 0.25) is 0 Å². The highest BCUT2D eigenvalue weighted by atomic mass is 32.2. The first-order chi connectivity index (χ1) is 11.0. The summed E-state index contributed by atoms with van der Waals surface area (Å²) in [6.07, 6.45) is 2.68. The molecule has 0 N–H and O–H groups in total. The molecule has 3 heterocycles. The minimum absolute atomic E-state index is 0.0134. The summed E-state index contributed by atoms with van der Waals surface area (Å²) in [5.41, 5.74) is 0. The Labute approximate surface area is 137 Å². The zero-order valence-electron chi connectivity index (χ0n) is 13.8. The molecule has 0 saturated carbocycles. The zero-order chi connectivity index (χ0) is 16.4. The van der Waals surface area contributed by atoms with Gasteiger partial charge in [0.25, 0.3) is 10.2 Å². The quantitative estimate of drug-likeness (QED) is 0.781. The fraction of sp³-hybridized carbons (Fsp3) is 0.857. The number of rotatable bonds is 5. The summed E-state index contributed by atoms with van der Waals surface area (Å²) in [5.74, 6) is 1.32. The van der Waals surface area contributed by atoms with Gasteiger partial charge in [0, 0.05) is 45.7 Å². The van der Waals surface area contributed by atoms with Gasteiger partial charge in [-0.2, -0.15) is 22.0 Å². The van der Waals surface area contributed by atoms with Crippen molar-refractivity contribution in [2.45, 2.75) is 39.2 Å². The van der Waals surface area contributed by atoms with Crippen molar-refractivity contribution in [3.63, 3.8) is 0 Å². The summed E-state index contributed by atoms with van der Waals surface area (Å²) in [6, 6.07) is 0.0134. The van der Waals surface area contributed by atoms with Gasteiger partial charge in [-0.1, -0.05) is 12.1 Å². The lowest BCUT2D eigenvalue weighted by Crippen LogP contribution is -2.52. The van der Waals surface area contributed by atoms with Crippen LogP contribution in [0.5, 0.6) is 0 Å². The minimum Gasteiger partial charge on any atom is -0.338 e. The molecule has 1 aromatic heterocycles. The van der Waals surface area contributed by atoms with Gasteiger partial charge in [-0.15, -0.1) is 0 Å². The van der Waals surface area contributed by atoms with E-state index >= 15 is 0 Å². The molecule has 0 aromatic carbocycles. The van der Waals surface area contributed by atoms with Crippen molar-refractivity contribution in [3.8, 4) is 0 Å². The highest BCUT2D eigenvalue weighted by Gasteiger charge is 2.35. The van der Waals surface area contributed by atoms with E-state index < -0.39 is 10.2 Å². The van der Waals surface area contributed by atoms with Gasteiger partial charge in [0.05, 0.1) is 6.04 Å². The van der Waals surface area contributed by atoms with Crippen LogP contribution in [0, 0.1) is 0 Å². The SMILES string of the molecule is CCc1noc([C@H](C)N2CCN(S(=O)(=O)N3CCCC3)CC2)n1. The first kappa shape index (κ1) is 16.8. The van der Waals surface area contributed by atoms with E-state index in [2.05, 4.69) is 15.0 Å². The molecule has 0 aliphatic carbocycles. The molecule has 2 fully saturated rings. The number of nitrogens with zero attached hydrogens (tertiary/aromatic N) is 5. The number of hydrogen-bond acceptors (Lipinski definition) is 6. The third-order valence-electron chi connectivity index (χ3n) is 4.70. The van der Waals surface area contributed by atoms with Crippen LogP contribution in [0.15, 0.2) is 4.52 Å². The monoisotopic (exact) mass is 343 g/mol. The Morgan fingerprint density at radius 1 is 1.09 bits per heavy atom. The second kappa shape index (κ2) is 6.84. The summed E-state index contributed by atoms with van der Waals surface area (Å²) < 4.78 is 33.7. The molecule has 1 atom stereocenters. The number of aromatic nitrogens is 2. The second-order valence-corrected chi connectivity index (χ2v) is 8.06. The topological polar surface area (TPSA) is 82.8 Å². The largest absolute Gasteiger partial charge is 0.338 e. The molecule has 0 unspecified atom stereocenters. The lowest BCUT2D eigenvalue weighted by atomic mass is 10.2. The molecular weight excluding hydrogens is 318 g/mol. The Bertz CT molecular complexity index is 618. The normalized spacial score (nSPS) is 23.4. The molecular formula is C14H25N5O3S. The van der Waals surface area contributed by atoms with Crippen LogP contribution in [0.25, 0.3) is 0 Å². The Kier molecular flexibility index (Phi) is 5.00. The molecule has 0 bridgehead atoms. The Hall–Kier alpha value is -1.03. The average Bonchev–Trinajstić information content (AvgIpc) is 3.25. The number of piperazine rings is 1. The molecule has 23 heavy (non-hydrogen) atoms. The van der Waals surface area contributed by atoms with E-state index in [1.165, 1.54) is 0 Å². The number of aryl methyl sites for hydroxylation is 1. The maximum Gasteiger partial charge on any atom is 0.282 e. The van der Waals surface area contributed by atoms with Crippen molar-refractivity contribution >= 4 is 10.2 Å². The van der Waals surface area contributed by atoms with Gasteiger partial charge >= 0.3 is 0 Å². The van der Waals surface area contributed by atoms with Gasteiger partial charge in [0.2, 0.25) is 5.89 Å². The third kappa shape index (κ3) is 3.42. The molecule has 130 valence electrons. The lowest BCUT2D eigenvalue weighted by molar-refractivity contribution is 0.121. The summed E-state index contributed by atoms with van der Waals surface area (Å²) in [7, 11) is -3.29. The van der Waals surface area contributed by atoms with Crippen molar-refractivity contribution in [1.29, 1.82) is 0 Å². The molecule has 0 spiro atoms. The molecule has 2 aliphatic heterocycles. The standard InChI is InChI=1S/C14H25N5O3S/c1-3-13-15-14(22-16-13)12(2)17-8-10-19(11-9-17)23(20,21)18-6-4-5-7-18/h12H,3-11H2,1-2H3/t12-/m0/s1. The van der Waals surface area contributed by atoms with E-state index in [9.17, 15) is 8.42 Å². The summed E-state index contributed by atoms with van der Waals surface area (Å²) in [6.45, 7) is 7.70. The van der Waals surface area contributed by atoms with Crippen molar-refractivity contribution in [1.82, 2.24) is 23.7 Å². The summed E-state index contributed by atoms with van der Waals surface area (Å²) >= 11 is 0. The van der Waals surface area contributed by atoms with Crippen molar-refractivity contribution in [2.75, 3.05) is 39.3 Å². The van der Waals surface area contributed by atoms with Crippen LogP contribution < -0.4 is 0 Å². The second-order valence-electron chi connectivity index (χ2n) is 6.13. The molecule has 3 rings (SSSR count). The van der Waals surface area contributed by atoms with Crippen molar-refractivity contribution in [2.24, 2.45) is 0 Å². The van der Waals surface area contributed by atoms with Crippen molar-refractivity contribution < 1.29 is 12.9 Å². The molecule has 0 amide bonds. The first-order valence-electron chi connectivity index (χ1n) is 8.34. The van der Waals surface area contributed by atoms with E-state index in [1.54, 1.807) is 8.61 Å². The molecule has 1 aromatic rings. The molecule has 0 radical (unpaired) electrons. The van der Waals surface area contributed by atoms with E-state index in [0.717, 1.165) is 19.3 Å². The minimum atomic E-state index is -3.29. The molecule has 9 heteroatoms. The van der Waals surface area contributed by atoms with Gasteiger partial charge in [0.15, 0.2) is 5.82 Å². The van der Waals surface area contributed by atoms with Crippen LogP contribution >= 0.6 is 0 Å². The highest BCUT2D eigenvalue weighted by Crippen LogP contribution is 2.23. The lowest BCUT2D eigenvalue weighted by Gasteiger charge is -2.37. The predicted octanol–water partition coefficient (Wildman–Crippen LogP) is 0.651. The van der Waals surface area contributed by atoms with Gasteiger partial charge in [-0.3, -0.25) is 4.90 Å². The molecule has 2 saturated heterocycles. The maximum absolute atomic E-state index is 12.6. The Balaban J connectivity index is 1.59. The van der Waals surface area contributed by atoms with Crippen LogP contribution in [-0.2, 0) is 16.6 Å².